The summed E-state index contributed by atoms with van der Waals surface area (Å²) in [6.45, 7) is 8.85. The molecular formula is C21H32IN5O2S2. The summed E-state index contributed by atoms with van der Waals surface area (Å²) in [4.78, 5) is 10.6. The number of nitrogens with zero attached hydrogens (tertiary/aromatic N) is 3. The van der Waals surface area contributed by atoms with Crippen LogP contribution >= 0.6 is 35.3 Å². The van der Waals surface area contributed by atoms with Crippen molar-refractivity contribution in [3.8, 4) is 0 Å². The third kappa shape index (κ3) is 6.87. The standard InChI is InChI=1S/C21H31N5O2S2.HI/c1-4-22-21(24-15-19-16(2)25-17(3)29-19)23-14-18-10-6-7-11-20(18)30(27,28)26-12-8-5-9-13-26;/h6-7,10-11H,4-5,8-9,12-15H2,1-3H3,(H2,22,23,24);1H. The van der Waals surface area contributed by atoms with Gasteiger partial charge in [0.2, 0.25) is 10.0 Å². The summed E-state index contributed by atoms with van der Waals surface area (Å²) in [7, 11) is -3.49. The molecule has 0 unspecified atom stereocenters. The van der Waals surface area contributed by atoms with Gasteiger partial charge in [-0.25, -0.2) is 18.4 Å². The highest BCUT2D eigenvalue weighted by Gasteiger charge is 2.27. The molecule has 0 saturated carbocycles. The first kappa shape index (κ1) is 26.0. The van der Waals surface area contributed by atoms with E-state index in [1.54, 1.807) is 27.8 Å². The number of sulfonamides is 1. The van der Waals surface area contributed by atoms with Gasteiger partial charge in [0.1, 0.15) is 0 Å². The number of hydrogen-bond acceptors (Lipinski definition) is 5. The number of aromatic nitrogens is 1. The Balaban J connectivity index is 0.00000341. The number of aliphatic imine (C=N–C) groups is 1. The molecule has 2 aromatic rings. The number of benzene rings is 1. The van der Waals surface area contributed by atoms with E-state index < -0.39 is 10.0 Å². The first-order chi connectivity index (χ1) is 14.4. The summed E-state index contributed by atoms with van der Waals surface area (Å²) in [5.41, 5.74) is 1.74. The molecule has 31 heavy (non-hydrogen) atoms. The highest BCUT2D eigenvalue weighted by molar-refractivity contribution is 14.0. The van der Waals surface area contributed by atoms with Crippen LogP contribution in [0.3, 0.4) is 0 Å². The fourth-order valence-electron chi connectivity index (χ4n) is 3.54. The average molecular weight is 578 g/mol. The number of aryl methyl sites for hydroxylation is 2. The molecule has 0 atom stereocenters. The first-order valence-corrected chi connectivity index (χ1v) is 12.7. The van der Waals surface area contributed by atoms with Crippen LogP contribution in [-0.4, -0.2) is 43.3 Å². The zero-order valence-electron chi connectivity index (χ0n) is 18.3. The molecule has 1 aliphatic rings. The molecule has 10 heteroatoms. The Morgan fingerprint density at radius 1 is 1.16 bits per heavy atom. The zero-order valence-corrected chi connectivity index (χ0v) is 22.3. The van der Waals surface area contributed by atoms with Crippen molar-refractivity contribution in [2.24, 2.45) is 4.99 Å². The summed E-state index contributed by atoms with van der Waals surface area (Å²) >= 11 is 1.67. The SMILES string of the molecule is CCNC(=NCc1ccccc1S(=O)(=O)N1CCCCC1)NCc1sc(C)nc1C.I. The van der Waals surface area contributed by atoms with Gasteiger partial charge in [-0.15, -0.1) is 35.3 Å². The number of piperidine rings is 1. The van der Waals surface area contributed by atoms with E-state index in [2.05, 4.69) is 20.6 Å². The number of thiazole rings is 1. The Bertz CT molecular complexity index is 985. The number of halogens is 1. The van der Waals surface area contributed by atoms with E-state index in [9.17, 15) is 8.42 Å². The van der Waals surface area contributed by atoms with Crippen molar-refractivity contribution in [2.45, 2.75) is 58.0 Å². The predicted molar refractivity (Wildman–Crippen MR) is 138 cm³/mol. The smallest absolute Gasteiger partial charge is 0.243 e. The monoisotopic (exact) mass is 577 g/mol. The highest BCUT2D eigenvalue weighted by Crippen LogP contribution is 2.24. The summed E-state index contributed by atoms with van der Waals surface area (Å²) in [5.74, 6) is 0.660. The van der Waals surface area contributed by atoms with Gasteiger partial charge in [-0.3, -0.25) is 0 Å². The Morgan fingerprint density at radius 2 is 1.87 bits per heavy atom. The molecule has 0 amide bonds. The number of nitrogens with one attached hydrogen (secondary N) is 2. The molecule has 1 aromatic carbocycles. The third-order valence-corrected chi connectivity index (χ3v) is 8.15. The van der Waals surface area contributed by atoms with Crippen LogP contribution < -0.4 is 10.6 Å². The lowest BCUT2D eigenvalue weighted by Crippen LogP contribution is -2.37. The largest absolute Gasteiger partial charge is 0.357 e. The van der Waals surface area contributed by atoms with Gasteiger partial charge in [-0.1, -0.05) is 24.6 Å². The lowest BCUT2D eigenvalue weighted by molar-refractivity contribution is 0.346. The molecule has 7 nitrogen and oxygen atoms in total. The van der Waals surface area contributed by atoms with Crippen LogP contribution in [0.25, 0.3) is 0 Å². The van der Waals surface area contributed by atoms with E-state index in [0.29, 0.717) is 42.6 Å². The van der Waals surface area contributed by atoms with Gasteiger partial charge in [-0.2, -0.15) is 4.31 Å². The second-order valence-electron chi connectivity index (χ2n) is 7.36. The molecule has 3 rings (SSSR count). The van der Waals surface area contributed by atoms with Gasteiger partial charge >= 0.3 is 0 Å². The molecule has 0 bridgehead atoms. The molecular weight excluding hydrogens is 545 g/mol. The normalized spacial score (nSPS) is 15.4. The van der Waals surface area contributed by atoms with Crippen molar-refractivity contribution in [2.75, 3.05) is 19.6 Å². The van der Waals surface area contributed by atoms with Gasteiger partial charge in [-0.05, 0) is 45.2 Å². The minimum atomic E-state index is -3.49. The van der Waals surface area contributed by atoms with E-state index in [4.69, 9.17) is 0 Å². The van der Waals surface area contributed by atoms with Crippen LogP contribution in [0, 0.1) is 13.8 Å². The fraction of sp³-hybridized carbons (Fsp3) is 0.524. The molecule has 1 aliphatic heterocycles. The number of rotatable bonds is 7. The van der Waals surface area contributed by atoms with Crippen LogP contribution in [0.5, 0.6) is 0 Å². The van der Waals surface area contributed by atoms with Crippen LogP contribution in [0.2, 0.25) is 0 Å². The van der Waals surface area contributed by atoms with E-state index in [0.717, 1.165) is 36.5 Å². The van der Waals surface area contributed by atoms with E-state index in [1.807, 2.05) is 32.9 Å². The molecule has 0 spiro atoms. The van der Waals surface area contributed by atoms with Gasteiger partial charge in [0.15, 0.2) is 5.96 Å². The van der Waals surface area contributed by atoms with Crippen LogP contribution in [-0.2, 0) is 23.1 Å². The van der Waals surface area contributed by atoms with E-state index in [-0.39, 0.29) is 24.0 Å². The minimum absolute atomic E-state index is 0. The second-order valence-corrected chi connectivity index (χ2v) is 10.6. The van der Waals surface area contributed by atoms with Crippen LogP contribution in [0.15, 0.2) is 34.2 Å². The molecule has 2 N–H and O–H groups in total. The van der Waals surface area contributed by atoms with Crippen molar-refractivity contribution in [3.63, 3.8) is 0 Å². The quantitative estimate of drug-likeness (QED) is 0.297. The van der Waals surface area contributed by atoms with Gasteiger partial charge in [0.25, 0.3) is 0 Å². The molecule has 172 valence electrons. The van der Waals surface area contributed by atoms with Crippen molar-refractivity contribution in [3.05, 3.63) is 45.4 Å². The molecule has 0 radical (unpaired) electrons. The average Bonchev–Trinajstić information content (AvgIpc) is 3.07. The van der Waals surface area contributed by atoms with Gasteiger partial charge in [0.05, 0.1) is 28.7 Å². The summed E-state index contributed by atoms with van der Waals surface area (Å²) in [6.07, 6.45) is 2.93. The Labute approximate surface area is 206 Å². The first-order valence-electron chi connectivity index (χ1n) is 10.4. The summed E-state index contributed by atoms with van der Waals surface area (Å²) in [6, 6.07) is 7.19. The van der Waals surface area contributed by atoms with Crippen molar-refractivity contribution in [1.82, 2.24) is 19.9 Å². The summed E-state index contributed by atoms with van der Waals surface area (Å²) < 4.78 is 27.9. The van der Waals surface area contributed by atoms with Crippen molar-refractivity contribution in [1.29, 1.82) is 0 Å². The molecule has 1 aromatic heterocycles. The maximum atomic E-state index is 13.2. The number of guanidine groups is 1. The van der Waals surface area contributed by atoms with Crippen LogP contribution in [0.4, 0.5) is 0 Å². The molecule has 1 fully saturated rings. The maximum Gasteiger partial charge on any atom is 0.243 e. The number of hydrogen-bond donors (Lipinski definition) is 2. The second kappa shape index (κ2) is 12.1. The molecule has 0 aliphatic carbocycles. The van der Waals surface area contributed by atoms with Crippen LogP contribution in [0.1, 0.15) is 47.3 Å². The lowest BCUT2D eigenvalue weighted by atomic mass is 10.2. The highest BCUT2D eigenvalue weighted by atomic mass is 127. The third-order valence-electron chi connectivity index (χ3n) is 5.07. The van der Waals surface area contributed by atoms with Crippen molar-refractivity contribution >= 4 is 51.3 Å². The van der Waals surface area contributed by atoms with E-state index >= 15 is 0 Å². The molecule has 1 saturated heterocycles. The summed E-state index contributed by atoms with van der Waals surface area (Å²) in [5, 5.41) is 7.61. The Hall–Kier alpha value is -1.24. The Kier molecular flexibility index (Phi) is 10.2. The Morgan fingerprint density at radius 3 is 2.52 bits per heavy atom. The lowest BCUT2D eigenvalue weighted by Gasteiger charge is -2.26. The topological polar surface area (TPSA) is 86.7 Å². The van der Waals surface area contributed by atoms with Crippen molar-refractivity contribution < 1.29 is 8.42 Å². The minimum Gasteiger partial charge on any atom is -0.357 e. The van der Waals surface area contributed by atoms with E-state index in [1.165, 1.54) is 4.88 Å². The maximum absolute atomic E-state index is 13.2. The fourth-order valence-corrected chi connectivity index (χ4v) is 6.15. The van der Waals surface area contributed by atoms with Gasteiger partial charge in [0, 0.05) is 24.5 Å². The van der Waals surface area contributed by atoms with Gasteiger partial charge < -0.3 is 10.6 Å². The predicted octanol–water partition coefficient (Wildman–Crippen LogP) is 3.81. The zero-order chi connectivity index (χ0) is 21.6. The molecule has 2 heterocycles.